The van der Waals surface area contributed by atoms with Crippen LogP contribution < -0.4 is 11.3 Å². The summed E-state index contributed by atoms with van der Waals surface area (Å²) < 4.78 is 7.11. The van der Waals surface area contributed by atoms with Crippen molar-refractivity contribution in [2.24, 2.45) is 0 Å². The van der Waals surface area contributed by atoms with Crippen molar-refractivity contribution >= 4 is 28.9 Å². The lowest BCUT2D eigenvalue weighted by molar-refractivity contribution is 0.198. The van der Waals surface area contributed by atoms with E-state index in [4.69, 9.17) is 10.5 Å². The number of nitrogens with two attached hydrogens (primary N) is 1. The fourth-order valence-corrected chi connectivity index (χ4v) is 3.84. The average molecular weight is 281 g/mol. The molecule has 19 heavy (non-hydrogen) atoms. The van der Waals surface area contributed by atoms with E-state index in [9.17, 15) is 4.79 Å². The van der Waals surface area contributed by atoms with E-state index in [1.807, 2.05) is 16.3 Å². The molecule has 3 heterocycles. The molecular weight excluding hydrogens is 266 g/mol. The van der Waals surface area contributed by atoms with Crippen LogP contribution in [0.3, 0.4) is 0 Å². The number of nitrogens with one attached hydrogen (secondary N) is 1. The van der Waals surface area contributed by atoms with Gasteiger partial charge < -0.3 is 15.0 Å². The lowest BCUT2D eigenvalue weighted by atomic mass is 10.2. The molecule has 0 spiro atoms. The predicted octanol–water partition coefficient (Wildman–Crippen LogP) is 0.742. The van der Waals surface area contributed by atoms with Crippen molar-refractivity contribution in [3.8, 4) is 0 Å². The number of imidazole rings is 1. The number of fused-ring (bicyclic) bond motifs is 1. The molecule has 0 unspecified atom stereocenters. The van der Waals surface area contributed by atoms with Crippen molar-refractivity contribution in [1.82, 2.24) is 19.5 Å². The Labute approximate surface area is 113 Å². The van der Waals surface area contributed by atoms with Crippen molar-refractivity contribution in [2.45, 2.75) is 23.5 Å². The van der Waals surface area contributed by atoms with Crippen LogP contribution in [0.4, 0.5) is 5.95 Å². The maximum Gasteiger partial charge on any atom is 0.280 e. The first-order chi connectivity index (χ1) is 9.19. The van der Waals surface area contributed by atoms with Crippen LogP contribution >= 0.6 is 11.8 Å². The van der Waals surface area contributed by atoms with Gasteiger partial charge in [-0.05, 0) is 12.8 Å². The second kappa shape index (κ2) is 4.86. The third kappa shape index (κ3) is 2.21. The van der Waals surface area contributed by atoms with Gasteiger partial charge in [-0.1, -0.05) is 0 Å². The number of aromatic nitrogens is 4. The summed E-state index contributed by atoms with van der Waals surface area (Å²) in [6.07, 6.45) is 3.76. The van der Waals surface area contributed by atoms with Gasteiger partial charge in [-0.2, -0.15) is 4.98 Å². The Balaban J connectivity index is 1.96. The molecule has 0 bridgehead atoms. The van der Waals surface area contributed by atoms with E-state index < -0.39 is 0 Å². The molecular formula is C11H15N5O2S. The fourth-order valence-electron chi connectivity index (χ4n) is 2.35. The highest BCUT2D eigenvalue weighted by Gasteiger charge is 2.28. The lowest BCUT2D eigenvalue weighted by Gasteiger charge is -2.12. The van der Waals surface area contributed by atoms with Gasteiger partial charge in [0.25, 0.3) is 5.56 Å². The molecule has 8 heteroatoms. The van der Waals surface area contributed by atoms with E-state index in [1.165, 1.54) is 0 Å². The van der Waals surface area contributed by atoms with E-state index in [-0.39, 0.29) is 16.9 Å². The van der Waals surface area contributed by atoms with Gasteiger partial charge in [-0.25, -0.2) is 4.98 Å². The van der Waals surface area contributed by atoms with Crippen LogP contribution in [0.1, 0.15) is 18.2 Å². The quantitative estimate of drug-likeness (QED) is 0.861. The summed E-state index contributed by atoms with van der Waals surface area (Å²) in [5.41, 5.74) is 6.19. The SMILES string of the molecule is COC[C@@H]1CC[C@H](n2cnc3c(=O)[nH]c(N)nc32)S1. The van der Waals surface area contributed by atoms with E-state index in [0.717, 1.165) is 19.4 Å². The highest BCUT2D eigenvalue weighted by atomic mass is 32.2. The van der Waals surface area contributed by atoms with Crippen LogP contribution in [-0.4, -0.2) is 38.5 Å². The number of ether oxygens (including phenoxy) is 1. The zero-order valence-corrected chi connectivity index (χ0v) is 11.3. The topological polar surface area (TPSA) is 98.8 Å². The number of H-pyrrole nitrogens is 1. The first-order valence-electron chi connectivity index (χ1n) is 6.05. The first kappa shape index (κ1) is 12.5. The molecule has 0 aromatic carbocycles. The normalized spacial score (nSPS) is 23.2. The summed E-state index contributed by atoms with van der Waals surface area (Å²) in [6, 6.07) is 0. The van der Waals surface area contributed by atoms with Gasteiger partial charge in [0.05, 0.1) is 18.3 Å². The van der Waals surface area contributed by atoms with Crippen LogP contribution in [0.2, 0.25) is 0 Å². The van der Waals surface area contributed by atoms with Crippen molar-refractivity contribution in [2.75, 3.05) is 19.5 Å². The standard InChI is InChI=1S/C11H15N5O2S/c1-18-4-6-2-3-7(19-6)16-5-13-8-9(16)14-11(12)15-10(8)17/h5-7H,2-4H2,1H3,(H3,12,14,15,17)/t6-,7+/m0/s1. The molecule has 0 aliphatic carbocycles. The van der Waals surface area contributed by atoms with Crippen LogP contribution in [0.15, 0.2) is 11.1 Å². The Kier molecular flexibility index (Phi) is 3.19. The summed E-state index contributed by atoms with van der Waals surface area (Å²) in [4.78, 5) is 22.5. The molecule has 1 aliphatic rings. The van der Waals surface area contributed by atoms with Gasteiger partial charge in [0.2, 0.25) is 5.95 Å². The number of anilines is 1. The summed E-state index contributed by atoms with van der Waals surface area (Å²) in [5, 5.41) is 0.714. The minimum Gasteiger partial charge on any atom is -0.384 e. The monoisotopic (exact) mass is 281 g/mol. The number of nitrogen functional groups attached to an aromatic ring is 1. The van der Waals surface area contributed by atoms with E-state index in [2.05, 4.69) is 15.0 Å². The molecule has 2 aromatic rings. The summed E-state index contributed by atoms with van der Waals surface area (Å²) in [5.74, 6) is 0.121. The molecule has 2 atom stereocenters. The number of thioether (sulfide) groups is 1. The third-order valence-corrected chi connectivity index (χ3v) is 4.73. The number of nitrogens with zero attached hydrogens (tertiary/aromatic N) is 3. The Morgan fingerprint density at radius 1 is 1.63 bits per heavy atom. The molecule has 7 nitrogen and oxygen atoms in total. The first-order valence-corrected chi connectivity index (χ1v) is 7.00. The molecule has 3 rings (SSSR count). The number of hydrogen-bond acceptors (Lipinski definition) is 6. The second-order valence-corrected chi connectivity index (χ2v) is 6.00. The van der Waals surface area contributed by atoms with E-state index >= 15 is 0 Å². The molecule has 0 radical (unpaired) electrons. The van der Waals surface area contributed by atoms with Crippen molar-refractivity contribution in [3.05, 3.63) is 16.7 Å². The van der Waals surface area contributed by atoms with Gasteiger partial charge in [0, 0.05) is 12.4 Å². The van der Waals surface area contributed by atoms with E-state index in [0.29, 0.717) is 16.4 Å². The molecule has 1 aliphatic heterocycles. The van der Waals surface area contributed by atoms with Gasteiger partial charge in [-0.3, -0.25) is 9.78 Å². The zero-order valence-electron chi connectivity index (χ0n) is 10.5. The Bertz CT molecular complexity index is 652. The summed E-state index contributed by atoms with van der Waals surface area (Å²) >= 11 is 1.82. The van der Waals surface area contributed by atoms with E-state index in [1.54, 1.807) is 13.4 Å². The predicted molar refractivity (Wildman–Crippen MR) is 74.1 cm³/mol. The lowest BCUT2D eigenvalue weighted by Crippen LogP contribution is -2.13. The number of hydrogen-bond donors (Lipinski definition) is 2. The Morgan fingerprint density at radius 2 is 2.47 bits per heavy atom. The van der Waals surface area contributed by atoms with Gasteiger partial charge >= 0.3 is 0 Å². The van der Waals surface area contributed by atoms with Gasteiger partial charge in [0.1, 0.15) is 0 Å². The molecule has 0 amide bonds. The minimum atomic E-state index is -0.294. The molecule has 2 aromatic heterocycles. The van der Waals surface area contributed by atoms with Gasteiger partial charge in [-0.15, -0.1) is 11.8 Å². The molecule has 102 valence electrons. The van der Waals surface area contributed by atoms with Crippen LogP contribution in [0.25, 0.3) is 11.2 Å². The van der Waals surface area contributed by atoms with Gasteiger partial charge in [0.15, 0.2) is 11.2 Å². The number of aromatic amines is 1. The van der Waals surface area contributed by atoms with Crippen LogP contribution in [-0.2, 0) is 4.74 Å². The minimum absolute atomic E-state index is 0.121. The molecule has 3 N–H and O–H groups in total. The molecule has 1 fully saturated rings. The summed E-state index contributed by atoms with van der Waals surface area (Å²) in [6.45, 7) is 0.740. The molecule has 1 saturated heterocycles. The number of methoxy groups -OCH3 is 1. The number of rotatable bonds is 3. The maximum absolute atomic E-state index is 11.7. The zero-order chi connectivity index (χ0) is 13.4. The summed E-state index contributed by atoms with van der Waals surface area (Å²) in [7, 11) is 1.71. The van der Waals surface area contributed by atoms with Crippen LogP contribution in [0.5, 0.6) is 0 Å². The Hall–Kier alpha value is -1.54. The van der Waals surface area contributed by atoms with Crippen molar-refractivity contribution in [3.63, 3.8) is 0 Å². The third-order valence-electron chi connectivity index (χ3n) is 3.20. The maximum atomic E-state index is 11.7. The van der Waals surface area contributed by atoms with Crippen LogP contribution in [0, 0.1) is 0 Å². The second-order valence-electron chi connectivity index (χ2n) is 4.52. The fraction of sp³-hybridized carbons (Fsp3) is 0.545. The molecule has 0 saturated carbocycles. The highest BCUT2D eigenvalue weighted by Crippen LogP contribution is 2.42. The smallest absolute Gasteiger partial charge is 0.280 e. The largest absolute Gasteiger partial charge is 0.384 e. The van der Waals surface area contributed by atoms with Crippen molar-refractivity contribution < 1.29 is 4.74 Å². The van der Waals surface area contributed by atoms with Crippen molar-refractivity contribution in [1.29, 1.82) is 0 Å². The average Bonchev–Trinajstić information content (AvgIpc) is 2.95. The highest BCUT2D eigenvalue weighted by molar-refractivity contribution is 8.00. The Morgan fingerprint density at radius 3 is 3.26 bits per heavy atom.